The van der Waals surface area contributed by atoms with Crippen LogP contribution in [0.2, 0.25) is 0 Å². The number of thiophene rings is 1. The van der Waals surface area contributed by atoms with Crippen molar-refractivity contribution >= 4 is 45.8 Å². The summed E-state index contributed by atoms with van der Waals surface area (Å²) in [5.41, 5.74) is 3.59. The van der Waals surface area contributed by atoms with Gasteiger partial charge in [0.1, 0.15) is 0 Å². The van der Waals surface area contributed by atoms with Gasteiger partial charge in [0.05, 0.1) is 26.5 Å². The lowest BCUT2D eigenvalue weighted by Crippen LogP contribution is -2.24. The molecule has 0 aliphatic heterocycles. The Balaban J connectivity index is 1.74. The summed E-state index contributed by atoms with van der Waals surface area (Å²) < 4.78 is 27.8. The average Bonchev–Trinajstić information content (AvgIpc) is 3.52. The second-order valence-corrected chi connectivity index (χ2v) is 9.60. The van der Waals surface area contributed by atoms with Crippen LogP contribution in [0.3, 0.4) is 0 Å². The fourth-order valence-electron chi connectivity index (χ4n) is 3.69. The van der Waals surface area contributed by atoms with Crippen LogP contribution >= 0.6 is 11.3 Å². The highest BCUT2D eigenvalue weighted by Crippen LogP contribution is 2.30. The molecule has 37 heavy (non-hydrogen) atoms. The van der Waals surface area contributed by atoms with E-state index < -0.39 is 12.3 Å². The summed E-state index contributed by atoms with van der Waals surface area (Å²) in [7, 11) is 0. The third-order valence-corrected chi connectivity index (χ3v) is 6.93. The molecule has 4 aromatic rings. The van der Waals surface area contributed by atoms with Crippen molar-refractivity contribution in [3.63, 3.8) is 0 Å². The van der Waals surface area contributed by atoms with E-state index in [-0.39, 0.29) is 21.6 Å². The molecule has 192 valence electrons. The molecule has 0 saturated carbocycles. The Morgan fingerprint density at radius 2 is 1.95 bits per heavy atom. The number of halogens is 2. The Bertz CT molecular complexity index is 1450. The normalized spacial score (nSPS) is 12.0. The molecule has 0 aliphatic carbocycles. The van der Waals surface area contributed by atoms with Gasteiger partial charge in [-0.3, -0.25) is 19.5 Å². The summed E-state index contributed by atoms with van der Waals surface area (Å²) in [6.45, 7) is 8.36. The fraction of sp³-hybridized carbons (Fsp3) is 0.222. The molecule has 0 fully saturated rings. The summed E-state index contributed by atoms with van der Waals surface area (Å²) in [5, 5.41) is 8.95. The number of carbonyl (C=O) groups is 2. The number of benzene rings is 2. The molecule has 2 amide bonds. The third-order valence-electron chi connectivity index (χ3n) is 5.83. The van der Waals surface area contributed by atoms with E-state index in [4.69, 9.17) is 0 Å². The topological polar surface area (TPSA) is 88.1 Å². The highest BCUT2D eigenvalue weighted by atomic mass is 32.1. The monoisotopic (exact) mass is 523 g/mol. The van der Waals surface area contributed by atoms with Gasteiger partial charge in [-0.15, -0.1) is 11.3 Å². The van der Waals surface area contributed by atoms with Crippen molar-refractivity contribution in [2.45, 2.75) is 39.3 Å². The second kappa shape index (κ2) is 11.4. The molecule has 0 bridgehead atoms. The first-order chi connectivity index (χ1) is 17.8. The molecule has 4 rings (SSSR count). The molecule has 1 atom stereocenters. The van der Waals surface area contributed by atoms with Gasteiger partial charge in [0.15, 0.2) is 0 Å². The van der Waals surface area contributed by atoms with Crippen molar-refractivity contribution in [2.75, 3.05) is 10.6 Å². The predicted molar refractivity (Wildman–Crippen MR) is 144 cm³/mol. The number of fused-ring (bicyclic) bond motifs is 1. The number of carbonyl (C=O) groups excluding carboxylic acids is 2. The van der Waals surface area contributed by atoms with E-state index in [9.17, 15) is 18.4 Å². The van der Waals surface area contributed by atoms with Crippen LogP contribution < -0.4 is 16.0 Å². The van der Waals surface area contributed by atoms with Gasteiger partial charge in [0.25, 0.3) is 12.3 Å². The molecule has 0 spiro atoms. The van der Waals surface area contributed by atoms with E-state index in [1.807, 2.05) is 24.3 Å². The molecule has 0 aliphatic rings. The number of amides is 2. The van der Waals surface area contributed by atoms with Gasteiger partial charge in [-0.05, 0) is 67.4 Å². The number of imidazole rings is 1. The maximum atomic E-state index is 13.0. The van der Waals surface area contributed by atoms with Crippen molar-refractivity contribution in [3.05, 3.63) is 82.6 Å². The lowest BCUT2D eigenvalue weighted by molar-refractivity contribution is -0.111. The van der Waals surface area contributed by atoms with Crippen LogP contribution in [-0.4, -0.2) is 27.4 Å². The molecule has 0 saturated heterocycles. The van der Waals surface area contributed by atoms with Crippen LogP contribution in [0.5, 0.6) is 0 Å². The zero-order valence-electron chi connectivity index (χ0n) is 20.4. The molecular weight excluding hydrogens is 496 g/mol. The summed E-state index contributed by atoms with van der Waals surface area (Å²) in [5.74, 6) is -0.665. The summed E-state index contributed by atoms with van der Waals surface area (Å²) in [4.78, 5) is 29.4. The van der Waals surface area contributed by atoms with Gasteiger partial charge in [0, 0.05) is 18.3 Å². The molecule has 7 nitrogen and oxygen atoms in total. The van der Waals surface area contributed by atoms with Gasteiger partial charge in [-0.1, -0.05) is 25.6 Å². The number of nitrogens with zero attached hydrogens (tertiary/aromatic N) is 2. The summed E-state index contributed by atoms with van der Waals surface area (Å²) >= 11 is 0.738. The maximum Gasteiger partial charge on any atom is 0.272 e. The predicted octanol–water partition coefficient (Wildman–Crippen LogP) is 6.29. The fourth-order valence-corrected chi connectivity index (χ4v) is 4.45. The van der Waals surface area contributed by atoms with Crippen molar-refractivity contribution in [3.8, 4) is 5.69 Å². The number of nitrogens with one attached hydrogen (secondary N) is 3. The Morgan fingerprint density at radius 1 is 1.14 bits per heavy atom. The minimum absolute atomic E-state index is 0.152. The number of hydrogen-bond acceptors (Lipinski definition) is 5. The van der Waals surface area contributed by atoms with Gasteiger partial charge in [-0.2, -0.15) is 0 Å². The molecule has 0 radical (unpaired) electrons. The number of aromatic nitrogens is 2. The van der Waals surface area contributed by atoms with Gasteiger partial charge in [-0.25, -0.2) is 13.8 Å². The van der Waals surface area contributed by atoms with Gasteiger partial charge in [0.2, 0.25) is 11.9 Å². The lowest BCUT2D eigenvalue weighted by Gasteiger charge is -2.12. The molecule has 2 aromatic carbocycles. The Hall–Kier alpha value is -3.89. The quantitative estimate of drug-likeness (QED) is 0.213. The van der Waals surface area contributed by atoms with E-state index in [2.05, 4.69) is 41.4 Å². The maximum absolute atomic E-state index is 13.0. The van der Waals surface area contributed by atoms with E-state index in [0.717, 1.165) is 28.8 Å². The first-order valence-electron chi connectivity index (χ1n) is 11.8. The molecule has 0 unspecified atom stereocenters. The largest absolute Gasteiger partial charge is 0.322 e. The van der Waals surface area contributed by atoms with Crippen molar-refractivity contribution in [1.29, 1.82) is 0 Å². The third kappa shape index (κ3) is 6.10. The van der Waals surface area contributed by atoms with E-state index >= 15 is 0 Å². The van der Waals surface area contributed by atoms with Crippen LogP contribution in [0, 0.1) is 0 Å². The molecule has 2 aromatic heterocycles. The minimum atomic E-state index is -2.65. The minimum Gasteiger partial charge on any atom is -0.322 e. The molecule has 2 heterocycles. The smallest absolute Gasteiger partial charge is 0.272 e. The van der Waals surface area contributed by atoms with E-state index in [1.165, 1.54) is 18.2 Å². The first-order valence-corrected chi connectivity index (χ1v) is 12.6. The molecule has 10 heteroatoms. The van der Waals surface area contributed by atoms with E-state index in [1.54, 1.807) is 22.8 Å². The first kappa shape index (κ1) is 26.2. The Labute approximate surface area is 217 Å². The number of alkyl halides is 2. The Kier molecular flexibility index (Phi) is 8.10. The van der Waals surface area contributed by atoms with Crippen LogP contribution in [0.25, 0.3) is 16.7 Å². The summed E-state index contributed by atoms with van der Waals surface area (Å²) in [6, 6.07) is 15.9. The van der Waals surface area contributed by atoms with Crippen LogP contribution in [0.4, 0.5) is 20.4 Å². The summed E-state index contributed by atoms with van der Waals surface area (Å²) in [6.07, 6.45) is -0.469. The second-order valence-electron chi connectivity index (χ2n) is 8.48. The number of anilines is 2. The van der Waals surface area contributed by atoms with Crippen molar-refractivity contribution < 1.29 is 18.4 Å². The van der Waals surface area contributed by atoms with Crippen molar-refractivity contribution in [1.82, 2.24) is 14.9 Å². The zero-order chi connectivity index (χ0) is 26.5. The lowest BCUT2D eigenvalue weighted by atomic mass is 10.1. The van der Waals surface area contributed by atoms with Gasteiger partial charge >= 0.3 is 0 Å². The standard InChI is InChI=1S/C27H27F2N5O2S/c1-4-16(3)30-15-17-9-10-21-20(13-17)32-27(33-26(36)23-12-11-22(37-23)25(28)29)34(21)19-8-6-7-18(14-19)31-24(35)5-2/h5-14,16,25,30H,2,4,15H2,1,3H3,(H,31,35)(H,32,33,36)/t16-/m0/s1. The molecular formula is C27H27F2N5O2S. The highest BCUT2D eigenvalue weighted by molar-refractivity contribution is 7.14. The number of hydrogen-bond donors (Lipinski definition) is 3. The molecule has 3 N–H and O–H groups in total. The zero-order valence-corrected chi connectivity index (χ0v) is 21.2. The van der Waals surface area contributed by atoms with Crippen LogP contribution in [0.15, 0.2) is 67.3 Å². The van der Waals surface area contributed by atoms with Crippen LogP contribution in [0.1, 0.15) is 46.8 Å². The Morgan fingerprint density at radius 3 is 2.65 bits per heavy atom. The number of rotatable bonds is 10. The average molecular weight is 524 g/mol. The van der Waals surface area contributed by atoms with E-state index in [0.29, 0.717) is 29.5 Å². The van der Waals surface area contributed by atoms with Crippen LogP contribution in [-0.2, 0) is 11.3 Å². The van der Waals surface area contributed by atoms with Crippen molar-refractivity contribution in [2.24, 2.45) is 0 Å². The SMILES string of the molecule is C=CC(=O)Nc1cccc(-n2c(NC(=O)c3ccc(C(F)F)s3)nc3cc(CN[C@@H](C)CC)ccc32)c1. The highest BCUT2D eigenvalue weighted by Gasteiger charge is 2.19. The van der Waals surface area contributed by atoms with Gasteiger partial charge < -0.3 is 10.6 Å².